The second-order valence-electron chi connectivity index (χ2n) is 2.64. The summed E-state index contributed by atoms with van der Waals surface area (Å²) in [6.07, 6.45) is -0.323. The van der Waals surface area contributed by atoms with Gasteiger partial charge in [0.25, 0.3) is 0 Å². The average molecular weight is 423 g/mol. The second kappa shape index (κ2) is 16.1. The van der Waals surface area contributed by atoms with Crippen LogP contribution in [0.1, 0.15) is 19.3 Å². The second-order valence-corrected chi connectivity index (χ2v) is 5.02. The molecule has 0 heterocycles. The van der Waals surface area contributed by atoms with Crippen molar-refractivity contribution in [2.45, 2.75) is 19.3 Å². The lowest BCUT2D eigenvalue weighted by atomic mass is 10.4. The van der Waals surface area contributed by atoms with Crippen molar-refractivity contribution in [2.75, 3.05) is 0 Å². The maximum Gasteiger partial charge on any atom is 0.304 e. The summed E-state index contributed by atoms with van der Waals surface area (Å²) in [5.74, 6) is 0. The molecule has 0 saturated carbocycles. The average Bonchev–Trinajstić information content (AvgIpc) is 2.25. The van der Waals surface area contributed by atoms with Gasteiger partial charge in [0.2, 0.25) is 21.0 Å². The van der Waals surface area contributed by atoms with Gasteiger partial charge >= 0.3 is 10.5 Å². The monoisotopic (exact) mass is 420 g/mol. The van der Waals surface area contributed by atoms with Crippen molar-refractivity contribution in [2.24, 2.45) is 0 Å². The number of hydrogen-bond donors (Lipinski definition) is 0. The first-order valence-electron chi connectivity index (χ1n) is 4.52. The van der Waals surface area contributed by atoms with Crippen LogP contribution in [-0.4, -0.2) is 31.5 Å². The van der Waals surface area contributed by atoms with Crippen LogP contribution < -0.4 is 0 Å². The lowest BCUT2D eigenvalue weighted by molar-refractivity contribution is -0.127. The third-order valence-corrected chi connectivity index (χ3v) is 2.04. The lowest BCUT2D eigenvalue weighted by Gasteiger charge is -1.83. The van der Waals surface area contributed by atoms with E-state index < -0.39 is 31.5 Å². The van der Waals surface area contributed by atoms with Crippen molar-refractivity contribution in [3.05, 3.63) is 0 Å². The van der Waals surface area contributed by atoms with E-state index in [4.69, 9.17) is 46.4 Å². The van der Waals surface area contributed by atoms with Crippen molar-refractivity contribution in [1.82, 2.24) is 0 Å². The molecule has 0 aliphatic rings. The SMILES string of the molecule is O=C(Cl)C(=O)Cl.O=C(Cl)CC(=O)Cl.O=C(Cl)CCC(=O)Cl. The van der Waals surface area contributed by atoms with Gasteiger partial charge in [-0.3, -0.25) is 28.8 Å². The van der Waals surface area contributed by atoms with Crippen LogP contribution in [-0.2, 0) is 28.8 Å². The predicted molar refractivity (Wildman–Crippen MR) is 79.0 cm³/mol. The third kappa shape index (κ3) is 38.3. The Bertz CT molecular complexity index is 383. The molecule has 0 bridgehead atoms. The zero-order valence-corrected chi connectivity index (χ0v) is 14.4. The van der Waals surface area contributed by atoms with E-state index in [1.54, 1.807) is 0 Å². The molecule has 0 atom stereocenters. The molecule has 0 saturated heterocycles. The number of hydrogen-bond acceptors (Lipinski definition) is 6. The maximum absolute atomic E-state index is 9.90. The molecular weight excluding hydrogens is 417 g/mol. The van der Waals surface area contributed by atoms with Crippen molar-refractivity contribution >= 4 is 101 Å². The quantitative estimate of drug-likeness (QED) is 0.370. The molecule has 0 aliphatic carbocycles. The molecule has 0 fully saturated rings. The smallest absolute Gasteiger partial charge is 0.281 e. The van der Waals surface area contributed by atoms with Crippen molar-refractivity contribution < 1.29 is 28.8 Å². The fourth-order valence-corrected chi connectivity index (χ4v) is 0.806. The van der Waals surface area contributed by atoms with Gasteiger partial charge in [-0.25, -0.2) is 0 Å². The number of rotatable bonds is 6. The van der Waals surface area contributed by atoms with Crippen LogP contribution in [0.15, 0.2) is 0 Å². The standard InChI is InChI=1S/C4H4Cl2O2.C3H2Cl2O2.C2Cl2O2/c5-3(7)1-2-4(6)8;4-2(6)1-3(5)7;3-1(5)2(4)6/h1-2H2;1H2;. The van der Waals surface area contributed by atoms with Crippen LogP contribution in [0.3, 0.4) is 0 Å². The molecule has 0 unspecified atom stereocenters. The van der Waals surface area contributed by atoms with Gasteiger partial charge < -0.3 is 0 Å². The van der Waals surface area contributed by atoms with E-state index in [2.05, 4.69) is 23.2 Å². The fraction of sp³-hybridized carbons (Fsp3) is 0.333. The molecule has 6 nitrogen and oxygen atoms in total. The third-order valence-electron chi connectivity index (χ3n) is 0.951. The van der Waals surface area contributed by atoms with Crippen LogP contribution in [0.4, 0.5) is 0 Å². The molecule has 12 heteroatoms. The first-order chi connectivity index (χ1) is 9.39. The highest BCUT2D eigenvalue weighted by molar-refractivity contribution is 6.97. The molecule has 0 aromatic heterocycles. The summed E-state index contributed by atoms with van der Waals surface area (Å²) in [5, 5.41) is -4.79. The highest BCUT2D eigenvalue weighted by Crippen LogP contribution is 1.97. The highest BCUT2D eigenvalue weighted by atomic mass is 35.5. The Labute approximate surface area is 148 Å². The van der Waals surface area contributed by atoms with Crippen LogP contribution in [0, 0.1) is 0 Å². The highest BCUT2D eigenvalue weighted by Gasteiger charge is 2.02. The van der Waals surface area contributed by atoms with E-state index >= 15 is 0 Å². The van der Waals surface area contributed by atoms with E-state index in [1.807, 2.05) is 0 Å². The number of carbonyl (C=O) groups excluding carboxylic acids is 6. The van der Waals surface area contributed by atoms with Gasteiger partial charge in [-0.2, -0.15) is 0 Å². The lowest BCUT2D eigenvalue weighted by Crippen LogP contribution is -1.94. The normalized spacial score (nSPS) is 8.29. The van der Waals surface area contributed by atoms with Gasteiger partial charge in [0.05, 0.1) is 6.42 Å². The molecule has 0 radical (unpaired) electrons. The molecule has 21 heavy (non-hydrogen) atoms. The Kier molecular flexibility index (Phi) is 19.7. The van der Waals surface area contributed by atoms with Crippen molar-refractivity contribution in [3.8, 4) is 0 Å². The Hall–Kier alpha value is -0.240. The van der Waals surface area contributed by atoms with Crippen LogP contribution in [0.2, 0.25) is 0 Å². The van der Waals surface area contributed by atoms with E-state index in [-0.39, 0.29) is 19.3 Å². The summed E-state index contributed by atoms with van der Waals surface area (Å²) < 4.78 is 0. The van der Waals surface area contributed by atoms with E-state index in [0.717, 1.165) is 0 Å². The maximum atomic E-state index is 9.90. The summed E-state index contributed by atoms with van der Waals surface area (Å²) in [6, 6.07) is 0. The first kappa shape index (κ1) is 25.7. The molecule has 0 N–H and O–H groups in total. The molecule has 0 spiro atoms. The van der Waals surface area contributed by atoms with Gasteiger partial charge in [0, 0.05) is 12.8 Å². The van der Waals surface area contributed by atoms with Gasteiger partial charge in [0.1, 0.15) is 0 Å². The largest absolute Gasteiger partial charge is 0.304 e. The number of halogens is 6. The van der Waals surface area contributed by atoms with Gasteiger partial charge in [-0.1, -0.05) is 0 Å². The minimum atomic E-state index is -1.14. The number of carbonyl (C=O) groups is 6. The van der Waals surface area contributed by atoms with Crippen LogP contribution >= 0.6 is 69.6 Å². The van der Waals surface area contributed by atoms with Crippen molar-refractivity contribution in [1.29, 1.82) is 0 Å². The zero-order valence-electron chi connectivity index (χ0n) is 9.84. The summed E-state index contributed by atoms with van der Waals surface area (Å²) in [6.45, 7) is 0. The Morgan fingerprint density at radius 1 is 0.476 bits per heavy atom. The minimum Gasteiger partial charge on any atom is -0.281 e. The van der Waals surface area contributed by atoms with Gasteiger partial charge in [-0.15, -0.1) is 0 Å². The van der Waals surface area contributed by atoms with Gasteiger partial charge in [0.15, 0.2) is 0 Å². The zero-order chi connectivity index (χ0) is 17.6. The summed E-state index contributed by atoms with van der Waals surface area (Å²) in [4.78, 5) is 58.1. The van der Waals surface area contributed by atoms with E-state index in [9.17, 15) is 28.8 Å². The molecular formula is C9H6Cl6O6. The molecule has 120 valence electrons. The fourth-order valence-electron chi connectivity index (χ4n) is 0.306. The predicted octanol–water partition coefficient (Wildman–Crippen LogP) is 2.72. The first-order valence-corrected chi connectivity index (χ1v) is 6.79. The van der Waals surface area contributed by atoms with E-state index in [0.29, 0.717) is 0 Å². The molecule has 0 aromatic rings. The molecule has 0 amide bonds. The summed E-state index contributed by atoms with van der Waals surface area (Å²) >= 11 is 28.2. The van der Waals surface area contributed by atoms with Crippen molar-refractivity contribution in [3.63, 3.8) is 0 Å². The summed E-state index contributed by atoms with van der Waals surface area (Å²) in [7, 11) is 0. The topological polar surface area (TPSA) is 102 Å². The Morgan fingerprint density at radius 3 is 0.762 bits per heavy atom. The molecule has 0 aromatic carbocycles. The van der Waals surface area contributed by atoms with Gasteiger partial charge in [-0.05, 0) is 69.6 Å². The van der Waals surface area contributed by atoms with E-state index in [1.165, 1.54) is 0 Å². The minimum absolute atomic E-state index is 0.0316. The molecule has 0 rings (SSSR count). The van der Waals surface area contributed by atoms with Crippen LogP contribution in [0.25, 0.3) is 0 Å². The van der Waals surface area contributed by atoms with Crippen LogP contribution in [0.5, 0.6) is 0 Å². The Balaban J connectivity index is -0.000000234. The Morgan fingerprint density at radius 2 is 0.714 bits per heavy atom. The summed E-state index contributed by atoms with van der Waals surface area (Å²) in [5.41, 5.74) is 0. The molecule has 0 aliphatic heterocycles.